The molecule has 0 spiro atoms. The van der Waals surface area contributed by atoms with Crippen molar-refractivity contribution in [1.29, 1.82) is 0 Å². The Morgan fingerprint density at radius 3 is 2.76 bits per heavy atom. The number of aryl methyl sites for hydroxylation is 1. The van der Waals surface area contributed by atoms with Gasteiger partial charge in [0.25, 0.3) is 0 Å². The van der Waals surface area contributed by atoms with E-state index in [2.05, 4.69) is 15.2 Å². The second-order valence-electron chi connectivity index (χ2n) is 3.62. The maximum atomic E-state index is 5.87. The minimum absolute atomic E-state index is 0.496. The van der Waals surface area contributed by atoms with E-state index in [0.29, 0.717) is 5.15 Å². The van der Waals surface area contributed by atoms with Crippen molar-refractivity contribution in [1.82, 2.24) is 15.2 Å². The molecule has 17 heavy (non-hydrogen) atoms. The molecular weight excluding hydrogens is 276 g/mol. The zero-order chi connectivity index (χ0) is 12.4. The van der Waals surface area contributed by atoms with E-state index in [0.717, 1.165) is 19.9 Å². The number of hydrogen-bond donors (Lipinski definition) is 0. The Balaban J connectivity index is 2.22. The zero-order valence-corrected chi connectivity index (χ0v) is 12.0. The lowest BCUT2D eigenvalue weighted by Crippen LogP contribution is -2.07. The third-order valence-electron chi connectivity index (χ3n) is 2.00. The van der Waals surface area contributed by atoms with E-state index < -0.39 is 0 Å². The summed E-state index contributed by atoms with van der Waals surface area (Å²) in [6, 6.07) is 1.85. The second-order valence-corrected chi connectivity index (χ2v) is 6.25. The van der Waals surface area contributed by atoms with E-state index in [4.69, 9.17) is 11.6 Å². The van der Waals surface area contributed by atoms with Gasteiger partial charge in [0.15, 0.2) is 4.34 Å². The van der Waals surface area contributed by atoms with Crippen LogP contribution < -0.4 is 4.90 Å². The molecule has 0 fully saturated rings. The highest BCUT2D eigenvalue weighted by atomic mass is 35.5. The van der Waals surface area contributed by atoms with E-state index in [1.807, 2.05) is 32.0 Å². The molecule has 0 unspecified atom stereocenters. The van der Waals surface area contributed by atoms with Crippen LogP contribution in [0.2, 0.25) is 5.15 Å². The molecule has 0 aliphatic rings. The first-order valence-electron chi connectivity index (χ1n) is 4.87. The minimum Gasteiger partial charge on any atom is -0.353 e. The largest absolute Gasteiger partial charge is 0.353 e. The van der Waals surface area contributed by atoms with Crippen LogP contribution in [0, 0.1) is 6.92 Å². The van der Waals surface area contributed by atoms with Gasteiger partial charge in [-0.25, -0.2) is 4.98 Å². The van der Waals surface area contributed by atoms with Crippen molar-refractivity contribution in [3.8, 4) is 0 Å². The van der Waals surface area contributed by atoms with Crippen LogP contribution in [0.4, 0.5) is 5.13 Å². The molecule has 0 amide bonds. The fraction of sp³-hybridized carbons (Fsp3) is 0.300. The van der Waals surface area contributed by atoms with E-state index in [1.165, 1.54) is 0 Å². The summed E-state index contributed by atoms with van der Waals surface area (Å²) in [7, 11) is 3.90. The van der Waals surface area contributed by atoms with Gasteiger partial charge in [-0.2, -0.15) is 0 Å². The predicted octanol–water partition coefficient (Wildman–Crippen LogP) is 3.11. The fourth-order valence-electron chi connectivity index (χ4n) is 1.11. The lowest BCUT2D eigenvalue weighted by Gasteiger charge is -2.04. The first-order chi connectivity index (χ1) is 8.06. The van der Waals surface area contributed by atoms with E-state index in [9.17, 15) is 0 Å². The molecule has 0 atom stereocenters. The third kappa shape index (κ3) is 3.08. The number of nitrogens with zero attached hydrogens (tertiary/aromatic N) is 4. The topological polar surface area (TPSA) is 41.9 Å². The fourth-order valence-corrected chi connectivity index (χ4v) is 3.15. The molecule has 2 aromatic rings. The summed E-state index contributed by atoms with van der Waals surface area (Å²) < 4.78 is 0.902. The van der Waals surface area contributed by atoms with Crippen LogP contribution in [0.25, 0.3) is 0 Å². The second kappa shape index (κ2) is 5.20. The van der Waals surface area contributed by atoms with Crippen LogP contribution in [0.3, 0.4) is 0 Å². The number of pyridine rings is 1. The van der Waals surface area contributed by atoms with Gasteiger partial charge in [-0.05, 0) is 18.6 Å². The highest BCUT2D eigenvalue weighted by Gasteiger charge is 2.09. The Bertz CT molecular complexity index is 527. The molecule has 0 saturated carbocycles. The quantitative estimate of drug-likeness (QED) is 0.811. The summed E-state index contributed by atoms with van der Waals surface area (Å²) >= 11 is 8.99. The van der Waals surface area contributed by atoms with E-state index in [-0.39, 0.29) is 0 Å². The Morgan fingerprint density at radius 1 is 1.35 bits per heavy atom. The Hall–Kier alpha value is -0.850. The predicted molar refractivity (Wildman–Crippen MR) is 72.3 cm³/mol. The Labute approximate surface area is 113 Å². The summed E-state index contributed by atoms with van der Waals surface area (Å²) in [5.74, 6) is 0. The minimum atomic E-state index is 0.496. The molecule has 0 saturated heterocycles. The number of aromatic nitrogens is 3. The Morgan fingerprint density at radius 2 is 2.12 bits per heavy atom. The lowest BCUT2D eigenvalue weighted by molar-refractivity contribution is 0.972. The normalized spacial score (nSPS) is 10.6. The molecule has 90 valence electrons. The third-order valence-corrected chi connectivity index (χ3v) is 4.50. The average Bonchev–Trinajstić information content (AvgIpc) is 2.72. The van der Waals surface area contributed by atoms with Gasteiger partial charge in [0, 0.05) is 25.2 Å². The monoisotopic (exact) mass is 286 g/mol. The molecule has 0 radical (unpaired) electrons. The van der Waals surface area contributed by atoms with Crippen molar-refractivity contribution < 1.29 is 0 Å². The van der Waals surface area contributed by atoms with Gasteiger partial charge in [0.2, 0.25) is 5.13 Å². The van der Waals surface area contributed by atoms with Crippen molar-refractivity contribution >= 4 is 39.8 Å². The standard InChI is InChI=1S/C10H11ClN4S2/c1-6-5-12-8(11)4-7(6)16-10-14-13-9(17-10)15(2)3/h4-5H,1-3H3. The number of hydrogen-bond acceptors (Lipinski definition) is 6. The van der Waals surface area contributed by atoms with Gasteiger partial charge < -0.3 is 4.90 Å². The molecule has 2 heterocycles. The molecule has 7 heteroatoms. The maximum Gasteiger partial charge on any atom is 0.208 e. The highest BCUT2D eigenvalue weighted by molar-refractivity contribution is 8.01. The van der Waals surface area contributed by atoms with Crippen LogP contribution in [-0.4, -0.2) is 29.3 Å². The van der Waals surface area contributed by atoms with Gasteiger partial charge >= 0.3 is 0 Å². The van der Waals surface area contributed by atoms with E-state index >= 15 is 0 Å². The van der Waals surface area contributed by atoms with Gasteiger partial charge in [-0.3, -0.25) is 0 Å². The molecule has 0 bridgehead atoms. The highest BCUT2D eigenvalue weighted by Crippen LogP contribution is 2.34. The number of halogens is 1. The van der Waals surface area contributed by atoms with Crippen LogP contribution in [0.15, 0.2) is 21.5 Å². The van der Waals surface area contributed by atoms with Crippen molar-refractivity contribution in [3.63, 3.8) is 0 Å². The number of rotatable bonds is 3. The molecule has 4 nitrogen and oxygen atoms in total. The summed E-state index contributed by atoms with van der Waals surface area (Å²) in [6.45, 7) is 2.00. The summed E-state index contributed by atoms with van der Waals surface area (Å²) in [6.07, 6.45) is 1.76. The average molecular weight is 287 g/mol. The van der Waals surface area contributed by atoms with Crippen LogP contribution >= 0.6 is 34.7 Å². The Kier molecular flexibility index (Phi) is 3.86. The molecule has 0 N–H and O–H groups in total. The summed E-state index contributed by atoms with van der Waals surface area (Å²) in [5, 5.41) is 9.61. The van der Waals surface area contributed by atoms with Gasteiger partial charge in [-0.15, -0.1) is 10.2 Å². The number of anilines is 1. The molecule has 0 aliphatic heterocycles. The van der Waals surface area contributed by atoms with Crippen LogP contribution in [0.5, 0.6) is 0 Å². The van der Waals surface area contributed by atoms with Crippen molar-refractivity contribution in [2.45, 2.75) is 16.2 Å². The molecule has 0 aliphatic carbocycles. The molecule has 0 aromatic carbocycles. The van der Waals surface area contributed by atoms with Crippen LogP contribution in [-0.2, 0) is 0 Å². The van der Waals surface area contributed by atoms with E-state index in [1.54, 1.807) is 29.3 Å². The zero-order valence-electron chi connectivity index (χ0n) is 9.64. The molecular formula is C10H11ClN4S2. The maximum absolute atomic E-state index is 5.87. The van der Waals surface area contributed by atoms with Crippen molar-refractivity contribution in [2.75, 3.05) is 19.0 Å². The van der Waals surface area contributed by atoms with Crippen molar-refractivity contribution in [2.24, 2.45) is 0 Å². The first kappa shape index (κ1) is 12.6. The smallest absolute Gasteiger partial charge is 0.208 e. The van der Waals surface area contributed by atoms with Gasteiger partial charge in [0.1, 0.15) is 5.15 Å². The van der Waals surface area contributed by atoms with Gasteiger partial charge in [-0.1, -0.05) is 34.7 Å². The first-order valence-corrected chi connectivity index (χ1v) is 6.88. The van der Waals surface area contributed by atoms with Gasteiger partial charge in [0.05, 0.1) is 0 Å². The summed E-state index contributed by atoms with van der Waals surface area (Å²) in [5.41, 5.74) is 1.08. The lowest BCUT2D eigenvalue weighted by atomic mass is 10.3. The van der Waals surface area contributed by atoms with Crippen LogP contribution in [0.1, 0.15) is 5.56 Å². The summed E-state index contributed by atoms with van der Waals surface area (Å²) in [4.78, 5) is 7.03. The SMILES string of the molecule is Cc1cnc(Cl)cc1Sc1nnc(N(C)C)s1. The molecule has 2 aromatic heterocycles. The van der Waals surface area contributed by atoms with Crippen molar-refractivity contribution in [3.05, 3.63) is 23.0 Å². The molecule has 2 rings (SSSR count).